The minimum atomic E-state index is -4.25. The SMILES string of the molecule is CC(C)=CC(N)CCOCC(F)(F)F. The van der Waals surface area contributed by atoms with Gasteiger partial charge < -0.3 is 10.5 Å². The molecule has 0 fully saturated rings. The second kappa shape index (κ2) is 6.03. The zero-order chi connectivity index (χ0) is 11.2. The molecule has 0 aliphatic carbocycles. The molecule has 0 bridgehead atoms. The molecule has 0 radical (unpaired) electrons. The monoisotopic (exact) mass is 211 g/mol. The molecule has 1 unspecified atom stereocenters. The van der Waals surface area contributed by atoms with Crippen LogP contribution in [0.25, 0.3) is 0 Å². The number of ether oxygens (including phenoxy) is 1. The summed E-state index contributed by atoms with van der Waals surface area (Å²) in [6.07, 6.45) is -2.04. The largest absolute Gasteiger partial charge is 0.411 e. The molecule has 0 amide bonds. The molecule has 0 aromatic rings. The van der Waals surface area contributed by atoms with Crippen LogP contribution in [0.15, 0.2) is 11.6 Å². The Balaban J connectivity index is 3.51. The van der Waals surface area contributed by atoms with Crippen LogP contribution in [0.1, 0.15) is 20.3 Å². The van der Waals surface area contributed by atoms with E-state index < -0.39 is 12.8 Å². The van der Waals surface area contributed by atoms with Crippen molar-refractivity contribution in [1.29, 1.82) is 0 Å². The molecule has 1 atom stereocenters. The fraction of sp³-hybridized carbons (Fsp3) is 0.778. The molecule has 2 nitrogen and oxygen atoms in total. The van der Waals surface area contributed by atoms with Crippen molar-refractivity contribution in [2.45, 2.75) is 32.5 Å². The summed E-state index contributed by atoms with van der Waals surface area (Å²) in [4.78, 5) is 0. The van der Waals surface area contributed by atoms with Gasteiger partial charge in [-0.25, -0.2) is 0 Å². The summed E-state index contributed by atoms with van der Waals surface area (Å²) in [6.45, 7) is 2.60. The van der Waals surface area contributed by atoms with Gasteiger partial charge in [0.2, 0.25) is 0 Å². The van der Waals surface area contributed by atoms with Gasteiger partial charge in [-0.15, -0.1) is 0 Å². The molecule has 2 N–H and O–H groups in total. The summed E-state index contributed by atoms with van der Waals surface area (Å²) in [5.41, 5.74) is 6.64. The second-order valence-corrected chi connectivity index (χ2v) is 3.36. The Hall–Kier alpha value is -0.550. The van der Waals surface area contributed by atoms with Gasteiger partial charge in [-0.3, -0.25) is 0 Å². The van der Waals surface area contributed by atoms with E-state index in [9.17, 15) is 13.2 Å². The predicted octanol–water partition coefficient (Wildman–Crippen LogP) is 2.25. The molecule has 0 aliphatic heterocycles. The van der Waals surface area contributed by atoms with E-state index in [1.54, 1.807) is 6.08 Å². The number of halogens is 3. The summed E-state index contributed by atoms with van der Waals surface area (Å²) >= 11 is 0. The van der Waals surface area contributed by atoms with Crippen LogP contribution in [0, 0.1) is 0 Å². The molecule has 84 valence electrons. The van der Waals surface area contributed by atoms with Crippen LogP contribution in [0.2, 0.25) is 0 Å². The molecule has 0 saturated heterocycles. The lowest BCUT2D eigenvalue weighted by Crippen LogP contribution is -2.22. The normalized spacial score (nSPS) is 13.9. The first kappa shape index (κ1) is 13.4. The van der Waals surface area contributed by atoms with Crippen LogP contribution in [-0.4, -0.2) is 25.4 Å². The van der Waals surface area contributed by atoms with Gasteiger partial charge in [0.05, 0.1) is 0 Å². The second-order valence-electron chi connectivity index (χ2n) is 3.36. The Bertz CT molecular complexity index is 185. The van der Waals surface area contributed by atoms with Gasteiger partial charge in [0.1, 0.15) is 6.61 Å². The zero-order valence-electron chi connectivity index (χ0n) is 8.40. The number of nitrogens with two attached hydrogens (primary N) is 1. The number of rotatable bonds is 5. The lowest BCUT2D eigenvalue weighted by atomic mass is 10.1. The molecule has 0 aliphatic rings. The number of hydrogen-bond donors (Lipinski definition) is 1. The molecule has 0 aromatic heterocycles. The highest BCUT2D eigenvalue weighted by Gasteiger charge is 2.27. The molecule has 0 spiro atoms. The van der Waals surface area contributed by atoms with Crippen LogP contribution in [0.4, 0.5) is 13.2 Å². The molecule has 14 heavy (non-hydrogen) atoms. The van der Waals surface area contributed by atoms with Gasteiger partial charge in [0.15, 0.2) is 0 Å². The number of hydrogen-bond acceptors (Lipinski definition) is 2. The van der Waals surface area contributed by atoms with Gasteiger partial charge in [0, 0.05) is 12.6 Å². The topological polar surface area (TPSA) is 35.2 Å². The van der Waals surface area contributed by atoms with Crippen molar-refractivity contribution in [1.82, 2.24) is 0 Å². The van der Waals surface area contributed by atoms with Gasteiger partial charge in [-0.2, -0.15) is 13.2 Å². The van der Waals surface area contributed by atoms with Crippen molar-refractivity contribution in [3.8, 4) is 0 Å². The fourth-order valence-electron chi connectivity index (χ4n) is 0.919. The Morgan fingerprint density at radius 2 is 2.00 bits per heavy atom. The van der Waals surface area contributed by atoms with Crippen LogP contribution in [0.3, 0.4) is 0 Å². The highest BCUT2D eigenvalue weighted by atomic mass is 19.4. The molecule has 5 heteroatoms. The van der Waals surface area contributed by atoms with Crippen LogP contribution in [0.5, 0.6) is 0 Å². The van der Waals surface area contributed by atoms with Gasteiger partial charge in [-0.05, 0) is 20.3 Å². The molecular weight excluding hydrogens is 195 g/mol. The third-order valence-electron chi connectivity index (χ3n) is 1.41. The van der Waals surface area contributed by atoms with E-state index in [1.165, 1.54) is 0 Å². The Morgan fingerprint density at radius 1 is 1.43 bits per heavy atom. The maximum Gasteiger partial charge on any atom is 0.411 e. The number of allylic oxidation sites excluding steroid dienone is 1. The highest BCUT2D eigenvalue weighted by molar-refractivity contribution is 4.99. The van der Waals surface area contributed by atoms with Crippen molar-refractivity contribution in [3.05, 3.63) is 11.6 Å². The zero-order valence-corrected chi connectivity index (χ0v) is 8.40. The maximum atomic E-state index is 11.6. The Morgan fingerprint density at radius 3 is 2.43 bits per heavy atom. The minimum Gasteiger partial charge on any atom is -0.372 e. The van der Waals surface area contributed by atoms with Crippen molar-refractivity contribution in [3.63, 3.8) is 0 Å². The third kappa shape index (κ3) is 9.54. The molecule has 0 heterocycles. The molecule has 0 saturated carbocycles. The Kier molecular flexibility index (Phi) is 5.79. The van der Waals surface area contributed by atoms with Gasteiger partial charge in [0.25, 0.3) is 0 Å². The average Bonchev–Trinajstić information content (AvgIpc) is 1.95. The molecular formula is C9H16F3NO. The quantitative estimate of drug-likeness (QED) is 0.559. The van der Waals surface area contributed by atoms with E-state index in [0.717, 1.165) is 5.57 Å². The number of alkyl halides is 3. The van der Waals surface area contributed by atoms with E-state index in [1.807, 2.05) is 13.8 Å². The average molecular weight is 211 g/mol. The van der Waals surface area contributed by atoms with Crippen LogP contribution in [-0.2, 0) is 4.74 Å². The first-order chi connectivity index (χ1) is 6.31. The van der Waals surface area contributed by atoms with Crippen molar-refractivity contribution < 1.29 is 17.9 Å². The summed E-state index contributed by atoms with van der Waals surface area (Å²) < 4.78 is 39.3. The fourth-order valence-corrected chi connectivity index (χ4v) is 0.919. The summed E-state index contributed by atoms with van der Waals surface area (Å²) in [6, 6.07) is -0.228. The van der Waals surface area contributed by atoms with Crippen molar-refractivity contribution in [2.75, 3.05) is 13.2 Å². The van der Waals surface area contributed by atoms with Gasteiger partial charge in [-0.1, -0.05) is 11.6 Å². The van der Waals surface area contributed by atoms with Crippen LogP contribution < -0.4 is 5.73 Å². The first-order valence-corrected chi connectivity index (χ1v) is 4.36. The van der Waals surface area contributed by atoms with Crippen molar-refractivity contribution in [2.24, 2.45) is 5.73 Å². The summed E-state index contributed by atoms with van der Waals surface area (Å²) in [5, 5.41) is 0. The van der Waals surface area contributed by atoms with Gasteiger partial charge >= 0.3 is 6.18 Å². The van der Waals surface area contributed by atoms with E-state index in [0.29, 0.717) is 6.42 Å². The maximum absolute atomic E-state index is 11.6. The minimum absolute atomic E-state index is 0.0322. The van der Waals surface area contributed by atoms with E-state index >= 15 is 0 Å². The lowest BCUT2D eigenvalue weighted by molar-refractivity contribution is -0.174. The molecule has 0 rings (SSSR count). The van der Waals surface area contributed by atoms with E-state index in [4.69, 9.17) is 5.73 Å². The molecule has 0 aromatic carbocycles. The van der Waals surface area contributed by atoms with E-state index in [-0.39, 0.29) is 12.6 Å². The Labute approximate surface area is 81.9 Å². The summed E-state index contributed by atoms with van der Waals surface area (Å²) in [7, 11) is 0. The standard InChI is InChI=1S/C9H16F3NO/c1-7(2)5-8(13)3-4-14-6-9(10,11)12/h5,8H,3-4,6,13H2,1-2H3. The first-order valence-electron chi connectivity index (χ1n) is 4.36. The van der Waals surface area contributed by atoms with Crippen LogP contribution >= 0.6 is 0 Å². The van der Waals surface area contributed by atoms with E-state index in [2.05, 4.69) is 4.74 Å². The summed E-state index contributed by atoms with van der Waals surface area (Å²) in [5.74, 6) is 0. The smallest absolute Gasteiger partial charge is 0.372 e. The lowest BCUT2D eigenvalue weighted by Gasteiger charge is -2.10. The van der Waals surface area contributed by atoms with Crippen molar-refractivity contribution >= 4 is 0 Å². The predicted molar refractivity (Wildman–Crippen MR) is 48.9 cm³/mol. The third-order valence-corrected chi connectivity index (χ3v) is 1.41. The highest BCUT2D eigenvalue weighted by Crippen LogP contribution is 2.14.